The van der Waals surface area contributed by atoms with Gasteiger partial charge in [0.15, 0.2) is 0 Å². The highest BCUT2D eigenvalue weighted by atomic mass is 35.5. The van der Waals surface area contributed by atoms with Gasteiger partial charge < -0.3 is 14.6 Å². The summed E-state index contributed by atoms with van der Waals surface area (Å²) in [6.45, 7) is 9.78. The Morgan fingerprint density at radius 2 is 1.66 bits per heavy atom. The molecule has 4 rings (SSSR count). The summed E-state index contributed by atoms with van der Waals surface area (Å²) >= 11 is 12.5. The molecule has 0 aliphatic carbocycles. The lowest BCUT2D eigenvalue weighted by molar-refractivity contribution is -0.0291. The van der Waals surface area contributed by atoms with E-state index in [1.54, 1.807) is 7.11 Å². The molecular weight excluding hydrogens is 481 g/mol. The molecule has 0 spiro atoms. The third-order valence-electron chi connectivity index (χ3n) is 7.77. The maximum atomic E-state index is 13.1. The van der Waals surface area contributed by atoms with Crippen LogP contribution in [0.1, 0.15) is 50.9 Å². The van der Waals surface area contributed by atoms with Gasteiger partial charge in [0.2, 0.25) is 0 Å². The molecular formula is C28H35Cl2N3O2. The number of carbonyl (C=O) groups is 1. The van der Waals surface area contributed by atoms with E-state index in [9.17, 15) is 4.79 Å². The zero-order valence-electron chi connectivity index (χ0n) is 21.6. The monoisotopic (exact) mass is 515 g/mol. The van der Waals surface area contributed by atoms with Crippen LogP contribution in [0.5, 0.6) is 5.75 Å². The first-order valence-electron chi connectivity index (χ1n) is 12.0. The highest BCUT2D eigenvalue weighted by molar-refractivity contribution is 6.42. The van der Waals surface area contributed by atoms with Crippen molar-refractivity contribution in [1.82, 2.24) is 14.8 Å². The number of likely N-dealkylation sites (tertiary alicyclic amines) is 1. The molecule has 0 bridgehead atoms. The van der Waals surface area contributed by atoms with Gasteiger partial charge in [0.05, 0.1) is 22.8 Å². The minimum atomic E-state index is -0.0833. The van der Waals surface area contributed by atoms with Crippen molar-refractivity contribution in [3.8, 4) is 17.0 Å². The Balaban J connectivity index is 1.55. The second-order valence-electron chi connectivity index (χ2n) is 11.0. The van der Waals surface area contributed by atoms with Gasteiger partial charge in [-0.05, 0) is 89.9 Å². The number of hydrogen-bond acceptors (Lipinski definition) is 3. The Hall–Kier alpha value is -2.21. The number of ether oxygens (including phenoxy) is 1. The number of fused-ring (bicyclic) bond motifs is 1. The molecule has 1 aliphatic heterocycles. The Labute approximate surface area is 218 Å². The van der Waals surface area contributed by atoms with Gasteiger partial charge in [-0.2, -0.15) is 0 Å². The molecule has 2 heterocycles. The number of amides is 1. The number of aromatic nitrogens is 1. The van der Waals surface area contributed by atoms with Crippen molar-refractivity contribution in [2.45, 2.75) is 51.6 Å². The van der Waals surface area contributed by atoms with E-state index < -0.39 is 0 Å². The molecule has 1 aliphatic rings. The first-order valence-corrected chi connectivity index (χ1v) is 12.7. The van der Waals surface area contributed by atoms with Gasteiger partial charge in [-0.25, -0.2) is 0 Å². The Morgan fingerprint density at radius 1 is 1.03 bits per heavy atom. The smallest absolute Gasteiger partial charge is 0.251 e. The molecule has 0 unspecified atom stereocenters. The number of nitrogens with one attached hydrogen (secondary N) is 1. The number of carbonyl (C=O) groups excluding carboxylic acids is 1. The summed E-state index contributed by atoms with van der Waals surface area (Å²) in [6.07, 6.45) is 2.09. The van der Waals surface area contributed by atoms with E-state index in [1.165, 1.54) is 0 Å². The maximum absolute atomic E-state index is 13.1. The zero-order chi connectivity index (χ0) is 25.7. The van der Waals surface area contributed by atoms with Gasteiger partial charge >= 0.3 is 0 Å². The first kappa shape index (κ1) is 25.9. The van der Waals surface area contributed by atoms with E-state index in [0.29, 0.717) is 33.8 Å². The Bertz CT molecular complexity index is 1260. The second kappa shape index (κ2) is 9.34. The SMILES string of the molecule is COc1cc(C(=O)NCC2CC(C)(C)N(C)C(C)(C)C2)ccc1-c1cc2cc(Cl)c(Cl)cc2n1C. The topological polar surface area (TPSA) is 46.5 Å². The van der Waals surface area contributed by atoms with Gasteiger partial charge in [0, 0.05) is 46.7 Å². The molecule has 35 heavy (non-hydrogen) atoms. The van der Waals surface area contributed by atoms with Crippen LogP contribution in [0.4, 0.5) is 0 Å². The number of methoxy groups -OCH3 is 1. The number of rotatable bonds is 5. The van der Waals surface area contributed by atoms with Crippen molar-refractivity contribution in [2.24, 2.45) is 13.0 Å². The molecule has 1 saturated heterocycles. The molecule has 1 N–H and O–H groups in total. The summed E-state index contributed by atoms with van der Waals surface area (Å²) in [5, 5.41) is 5.19. The van der Waals surface area contributed by atoms with Crippen LogP contribution in [0.25, 0.3) is 22.2 Å². The molecule has 0 radical (unpaired) electrons. The van der Waals surface area contributed by atoms with Crippen LogP contribution in [-0.4, -0.2) is 47.2 Å². The lowest BCUT2D eigenvalue weighted by Gasteiger charge is -2.53. The fraction of sp³-hybridized carbons (Fsp3) is 0.464. The van der Waals surface area contributed by atoms with Gasteiger partial charge in [-0.3, -0.25) is 9.69 Å². The molecule has 188 valence electrons. The minimum absolute atomic E-state index is 0.0833. The van der Waals surface area contributed by atoms with E-state index in [1.807, 2.05) is 37.4 Å². The second-order valence-corrected chi connectivity index (χ2v) is 11.8. The van der Waals surface area contributed by atoms with Crippen molar-refractivity contribution in [3.05, 3.63) is 52.0 Å². The number of hydrogen-bond donors (Lipinski definition) is 1. The third kappa shape index (κ3) is 4.91. The average Bonchev–Trinajstić information content (AvgIpc) is 3.10. The van der Waals surface area contributed by atoms with Gasteiger partial charge in [-0.15, -0.1) is 0 Å². The standard InChI is InChI=1S/C28H35Cl2N3O2/c1-27(2)14-17(15-28(3,4)33(27)6)16-31-26(34)18-8-9-20(25(12-18)35-7)24-11-19-10-21(29)22(30)13-23(19)32(24)5/h8-13,17H,14-16H2,1-7H3,(H,31,34). The largest absolute Gasteiger partial charge is 0.496 e. The molecule has 0 saturated carbocycles. The molecule has 0 atom stereocenters. The van der Waals surface area contributed by atoms with Crippen molar-refractivity contribution in [3.63, 3.8) is 0 Å². The number of benzene rings is 2. The normalized spacial score (nSPS) is 18.1. The molecule has 1 amide bonds. The van der Waals surface area contributed by atoms with Crippen LogP contribution < -0.4 is 10.1 Å². The van der Waals surface area contributed by atoms with Crippen LogP contribution in [-0.2, 0) is 7.05 Å². The summed E-state index contributed by atoms with van der Waals surface area (Å²) in [7, 11) is 5.80. The summed E-state index contributed by atoms with van der Waals surface area (Å²) in [5.74, 6) is 0.984. The van der Waals surface area contributed by atoms with Crippen molar-refractivity contribution >= 4 is 40.0 Å². The van der Waals surface area contributed by atoms with E-state index >= 15 is 0 Å². The van der Waals surface area contributed by atoms with E-state index in [0.717, 1.165) is 35.0 Å². The van der Waals surface area contributed by atoms with Crippen LogP contribution in [0.2, 0.25) is 10.0 Å². The van der Waals surface area contributed by atoms with Crippen LogP contribution in [0.15, 0.2) is 36.4 Å². The predicted octanol–water partition coefficient (Wildman–Crippen LogP) is 6.79. The zero-order valence-corrected chi connectivity index (χ0v) is 23.1. The van der Waals surface area contributed by atoms with Crippen LogP contribution >= 0.6 is 23.2 Å². The average molecular weight is 517 g/mol. The summed E-state index contributed by atoms with van der Waals surface area (Å²) in [4.78, 5) is 15.5. The predicted molar refractivity (Wildman–Crippen MR) is 146 cm³/mol. The molecule has 3 aromatic rings. The number of halogens is 2. The van der Waals surface area contributed by atoms with Crippen molar-refractivity contribution in [2.75, 3.05) is 20.7 Å². The molecule has 5 nitrogen and oxygen atoms in total. The minimum Gasteiger partial charge on any atom is -0.496 e. The maximum Gasteiger partial charge on any atom is 0.251 e. The summed E-state index contributed by atoms with van der Waals surface area (Å²) in [5.41, 5.74) is 3.60. The fourth-order valence-electron chi connectivity index (χ4n) is 5.70. The highest BCUT2D eigenvalue weighted by Gasteiger charge is 2.42. The van der Waals surface area contributed by atoms with Crippen molar-refractivity contribution < 1.29 is 9.53 Å². The quantitative estimate of drug-likeness (QED) is 0.406. The molecule has 2 aromatic carbocycles. The molecule has 7 heteroatoms. The summed E-state index contributed by atoms with van der Waals surface area (Å²) in [6, 6.07) is 11.4. The van der Waals surface area contributed by atoms with E-state index in [2.05, 4.69) is 55.6 Å². The van der Waals surface area contributed by atoms with Crippen molar-refractivity contribution in [1.29, 1.82) is 0 Å². The summed E-state index contributed by atoms with van der Waals surface area (Å²) < 4.78 is 7.75. The number of nitrogens with zero attached hydrogens (tertiary/aromatic N) is 2. The number of aryl methyl sites for hydroxylation is 1. The number of piperidine rings is 1. The van der Waals surface area contributed by atoms with E-state index in [-0.39, 0.29) is 17.0 Å². The molecule has 1 aromatic heterocycles. The fourth-order valence-corrected chi connectivity index (χ4v) is 6.03. The lowest BCUT2D eigenvalue weighted by atomic mass is 9.74. The van der Waals surface area contributed by atoms with Gasteiger partial charge in [-0.1, -0.05) is 23.2 Å². The van der Waals surface area contributed by atoms with Crippen LogP contribution in [0.3, 0.4) is 0 Å². The third-order valence-corrected chi connectivity index (χ3v) is 8.49. The van der Waals surface area contributed by atoms with Gasteiger partial charge in [0.25, 0.3) is 5.91 Å². The Kier molecular flexibility index (Phi) is 6.91. The van der Waals surface area contributed by atoms with E-state index in [4.69, 9.17) is 27.9 Å². The Morgan fingerprint density at radius 3 is 2.29 bits per heavy atom. The van der Waals surface area contributed by atoms with Crippen LogP contribution in [0, 0.1) is 5.92 Å². The lowest BCUT2D eigenvalue weighted by Crippen LogP contribution is -2.59. The molecule has 1 fully saturated rings. The highest BCUT2D eigenvalue weighted by Crippen LogP contribution is 2.40. The van der Waals surface area contributed by atoms with Gasteiger partial charge in [0.1, 0.15) is 5.75 Å². The first-order chi connectivity index (χ1) is 16.3.